The third-order valence-electron chi connectivity index (χ3n) is 4.72. The number of carbonyl (C=O) groups is 1. The van der Waals surface area contributed by atoms with E-state index in [-0.39, 0.29) is 5.97 Å². The van der Waals surface area contributed by atoms with Crippen molar-refractivity contribution in [2.75, 3.05) is 20.2 Å². The number of esters is 1. The lowest BCUT2D eigenvalue weighted by Crippen LogP contribution is -2.23. The Morgan fingerprint density at radius 2 is 1.41 bits per heavy atom. The van der Waals surface area contributed by atoms with Gasteiger partial charge in [0.25, 0.3) is 0 Å². The van der Waals surface area contributed by atoms with Gasteiger partial charge in [-0.3, -0.25) is 0 Å². The Labute approximate surface area is 135 Å². The minimum atomic E-state index is -0.173. The van der Waals surface area contributed by atoms with Gasteiger partial charge in [0, 0.05) is 18.8 Å². The number of hydrogen-bond acceptors (Lipinski definition) is 3. The summed E-state index contributed by atoms with van der Waals surface area (Å²) in [4.78, 5) is 14.6. The van der Waals surface area contributed by atoms with Crippen molar-refractivity contribution in [2.24, 2.45) is 0 Å². The van der Waals surface area contributed by atoms with Crippen LogP contribution in [0.5, 0.6) is 0 Å². The third kappa shape index (κ3) is 5.19. The van der Waals surface area contributed by atoms with E-state index in [0.717, 1.165) is 37.2 Å². The SMILES string of the molecule is COC(=O)C1=C/CCCCCCCCC/C=C\1N1CCCC1. The standard InChI is InChI=1S/C19H31NO2/c1-22-19(21)17-13-9-7-5-3-2-4-6-8-10-14-18(17)20-15-11-12-16-20/h13-14H,2-12,15-16H2,1H3/b17-13+,18-14+. The van der Waals surface area contributed by atoms with Crippen LogP contribution in [-0.2, 0) is 9.53 Å². The van der Waals surface area contributed by atoms with Crippen LogP contribution in [0.1, 0.15) is 70.6 Å². The zero-order valence-corrected chi connectivity index (χ0v) is 14.1. The second kappa shape index (κ2) is 9.70. The summed E-state index contributed by atoms with van der Waals surface area (Å²) in [6.07, 6.45) is 17.9. The highest BCUT2D eigenvalue weighted by Gasteiger charge is 2.22. The number of rotatable bonds is 2. The molecule has 0 aromatic carbocycles. The molecule has 0 aromatic rings. The molecular weight excluding hydrogens is 274 g/mol. The van der Waals surface area contributed by atoms with E-state index in [1.54, 1.807) is 0 Å². The first-order chi connectivity index (χ1) is 10.8. The Bertz CT molecular complexity index is 406. The molecule has 3 heteroatoms. The Morgan fingerprint density at radius 1 is 0.864 bits per heavy atom. The van der Waals surface area contributed by atoms with Crippen LogP contribution in [0, 0.1) is 0 Å². The van der Waals surface area contributed by atoms with Crippen molar-refractivity contribution in [1.29, 1.82) is 0 Å². The molecule has 0 radical (unpaired) electrons. The second-order valence-corrected chi connectivity index (χ2v) is 6.45. The lowest BCUT2D eigenvalue weighted by Gasteiger charge is -2.23. The van der Waals surface area contributed by atoms with Crippen molar-refractivity contribution in [3.63, 3.8) is 0 Å². The number of ether oxygens (including phenoxy) is 1. The fraction of sp³-hybridized carbons (Fsp3) is 0.737. The minimum absolute atomic E-state index is 0.173. The van der Waals surface area contributed by atoms with Gasteiger partial charge in [-0.15, -0.1) is 0 Å². The van der Waals surface area contributed by atoms with E-state index in [4.69, 9.17) is 4.74 Å². The molecule has 1 saturated heterocycles. The number of likely N-dealkylation sites (tertiary alicyclic amines) is 1. The van der Waals surface area contributed by atoms with E-state index < -0.39 is 0 Å². The Morgan fingerprint density at radius 3 is 2.00 bits per heavy atom. The van der Waals surface area contributed by atoms with Crippen LogP contribution in [0.3, 0.4) is 0 Å². The van der Waals surface area contributed by atoms with E-state index in [1.165, 1.54) is 64.9 Å². The molecule has 0 amide bonds. The van der Waals surface area contributed by atoms with Crippen LogP contribution in [0.2, 0.25) is 0 Å². The fourth-order valence-electron chi connectivity index (χ4n) is 3.43. The zero-order valence-electron chi connectivity index (χ0n) is 14.1. The second-order valence-electron chi connectivity index (χ2n) is 6.45. The van der Waals surface area contributed by atoms with Crippen LogP contribution in [0.15, 0.2) is 23.4 Å². The van der Waals surface area contributed by atoms with Crippen LogP contribution >= 0.6 is 0 Å². The van der Waals surface area contributed by atoms with E-state index >= 15 is 0 Å². The van der Waals surface area contributed by atoms with Gasteiger partial charge in [-0.2, -0.15) is 0 Å². The van der Waals surface area contributed by atoms with E-state index in [2.05, 4.69) is 17.1 Å². The molecule has 124 valence electrons. The van der Waals surface area contributed by atoms with Gasteiger partial charge in [0.2, 0.25) is 0 Å². The highest BCUT2D eigenvalue weighted by molar-refractivity contribution is 5.93. The van der Waals surface area contributed by atoms with Gasteiger partial charge >= 0.3 is 5.97 Å². The molecule has 0 N–H and O–H groups in total. The molecule has 1 fully saturated rings. The molecule has 1 heterocycles. The molecule has 22 heavy (non-hydrogen) atoms. The highest BCUT2D eigenvalue weighted by atomic mass is 16.5. The van der Waals surface area contributed by atoms with E-state index in [9.17, 15) is 4.79 Å². The summed E-state index contributed by atoms with van der Waals surface area (Å²) in [6.45, 7) is 2.14. The predicted molar refractivity (Wildman–Crippen MR) is 90.5 cm³/mol. The van der Waals surface area contributed by atoms with Crippen molar-refractivity contribution in [3.05, 3.63) is 23.4 Å². The number of nitrogens with zero attached hydrogens (tertiary/aromatic N) is 1. The quantitative estimate of drug-likeness (QED) is 0.699. The smallest absolute Gasteiger partial charge is 0.339 e. The molecule has 3 nitrogen and oxygen atoms in total. The van der Waals surface area contributed by atoms with Crippen LogP contribution in [0.25, 0.3) is 0 Å². The molecule has 1 aliphatic carbocycles. The highest BCUT2D eigenvalue weighted by Crippen LogP contribution is 2.25. The molecule has 2 rings (SSSR count). The van der Waals surface area contributed by atoms with Gasteiger partial charge in [-0.1, -0.05) is 44.3 Å². The normalized spacial score (nSPS) is 26.7. The Hall–Kier alpha value is -1.25. The maximum atomic E-state index is 12.3. The molecule has 0 atom stereocenters. The maximum absolute atomic E-state index is 12.3. The summed E-state index contributed by atoms with van der Waals surface area (Å²) in [7, 11) is 1.49. The largest absolute Gasteiger partial charge is 0.465 e. The summed E-state index contributed by atoms with van der Waals surface area (Å²) in [5.74, 6) is -0.173. The van der Waals surface area contributed by atoms with Gasteiger partial charge in [0.05, 0.1) is 12.7 Å². The van der Waals surface area contributed by atoms with E-state index in [0.29, 0.717) is 0 Å². The number of allylic oxidation sites excluding steroid dienone is 2. The van der Waals surface area contributed by atoms with Gasteiger partial charge in [0.1, 0.15) is 0 Å². The van der Waals surface area contributed by atoms with Gasteiger partial charge in [-0.25, -0.2) is 4.79 Å². The van der Waals surface area contributed by atoms with Gasteiger partial charge in [0.15, 0.2) is 0 Å². The zero-order chi connectivity index (χ0) is 15.6. The summed E-state index contributed by atoms with van der Waals surface area (Å²) in [6, 6.07) is 0. The molecule has 2 aliphatic rings. The molecule has 1 aliphatic heterocycles. The van der Waals surface area contributed by atoms with Crippen LogP contribution < -0.4 is 0 Å². The molecule has 0 spiro atoms. The monoisotopic (exact) mass is 305 g/mol. The Kier molecular flexibility index (Phi) is 7.55. The van der Waals surface area contributed by atoms with Crippen molar-refractivity contribution in [2.45, 2.75) is 70.6 Å². The summed E-state index contributed by atoms with van der Waals surface area (Å²) < 4.78 is 5.05. The topological polar surface area (TPSA) is 29.5 Å². The lowest BCUT2D eigenvalue weighted by atomic mass is 10.1. The third-order valence-corrected chi connectivity index (χ3v) is 4.72. The lowest BCUT2D eigenvalue weighted by molar-refractivity contribution is -0.136. The number of methoxy groups -OCH3 is 1. The summed E-state index contributed by atoms with van der Waals surface area (Å²) >= 11 is 0. The molecule has 0 bridgehead atoms. The molecule has 0 aromatic heterocycles. The average Bonchev–Trinajstić information content (AvgIpc) is 3.06. The predicted octanol–water partition coefficient (Wildman–Crippen LogP) is 4.59. The van der Waals surface area contributed by atoms with E-state index in [1.807, 2.05) is 0 Å². The number of carbonyl (C=O) groups excluding carboxylic acids is 1. The van der Waals surface area contributed by atoms with Gasteiger partial charge < -0.3 is 9.64 Å². The molecule has 0 unspecified atom stereocenters. The van der Waals surface area contributed by atoms with Gasteiger partial charge in [-0.05, 0) is 38.5 Å². The van der Waals surface area contributed by atoms with Crippen LogP contribution in [0.4, 0.5) is 0 Å². The van der Waals surface area contributed by atoms with Crippen LogP contribution in [-0.4, -0.2) is 31.1 Å². The fourth-order valence-corrected chi connectivity index (χ4v) is 3.43. The molecule has 0 saturated carbocycles. The Balaban J connectivity index is 2.19. The maximum Gasteiger partial charge on any atom is 0.339 e. The summed E-state index contributed by atoms with van der Waals surface area (Å²) in [5.41, 5.74) is 1.92. The van der Waals surface area contributed by atoms with Crippen molar-refractivity contribution >= 4 is 5.97 Å². The van der Waals surface area contributed by atoms with Crippen molar-refractivity contribution < 1.29 is 9.53 Å². The average molecular weight is 305 g/mol. The first kappa shape index (κ1) is 17.1. The van der Waals surface area contributed by atoms with Crippen molar-refractivity contribution in [1.82, 2.24) is 4.90 Å². The van der Waals surface area contributed by atoms with Crippen molar-refractivity contribution in [3.8, 4) is 0 Å². The first-order valence-corrected chi connectivity index (χ1v) is 9.07. The molecular formula is C19H31NO2. The first-order valence-electron chi connectivity index (χ1n) is 9.07. The minimum Gasteiger partial charge on any atom is -0.465 e. The summed E-state index contributed by atoms with van der Waals surface area (Å²) in [5, 5.41) is 0. The number of hydrogen-bond donors (Lipinski definition) is 0.